The van der Waals surface area contributed by atoms with E-state index < -0.39 is 12.1 Å². The Hall–Kier alpha value is -1.67. The highest BCUT2D eigenvalue weighted by Gasteiger charge is 2.30. The minimum atomic E-state index is -0.587. The molecule has 3 N–H and O–H groups in total. The highest BCUT2D eigenvalue weighted by Crippen LogP contribution is 2.17. The minimum absolute atomic E-state index is 0.0541. The van der Waals surface area contributed by atoms with Crippen LogP contribution in [0.5, 0.6) is 0 Å². The Morgan fingerprint density at radius 1 is 1.25 bits per heavy atom. The van der Waals surface area contributed by atoms with Gasteiger partial charge in [-0.1, -0.05) is 0 Å². The van der Waals surface area contributed by atoms with Gasteiger partial charge < -0.3 is 20.3 Å². The van der Waals surface area contributed by atoms with Crippen LogP contribution < -0.4 is 16.0 Å². The number of nitrogens with zero attached hydrogens (tertiary/aromatic N) is 1. The van der Waals surface area contributed by atoms with Gasteiger partial charge in [0.1, 0.15) is 6.04 Å². The van der Waals surface area contributed by atoms with Crippen LogP contribution in [0.2, 0.25) is 0 Å². The van der Waals surface area contributed by atoms with E-state index in [1.807, 2.05) is 0 Å². The lowest BCUT2D eigenvalue weighted by molar-refractivity contribution is -0.123. The third-order valence-electron chi connectivity index (χ3n) is 4.96. The minimum Gasteiger partial charge on any atom is -0.377 e. The Kier molecular flexibility index (Phi) is 5.68. The van der Waals surface area contributed by atoms with Gasteiger partial charge in [-0.2, -0.15) is 0 Å². The topological polar surface area (TPSA) is 99.8 Å². The van der Waals surface area contributed by atoms with Crippen LogP contribution in [0.4, 0.5) is 4.79 Å². The predicted octanol–water partition coefficient (Wildman–Crippen LogP) is -0.266. The average molecular weight is 338 g/mol. The van der Waals surface area contributed by atoms with E-state index in [2.05, 4.69) is 20.9 Å². The summed E-state index contributed by atoms with van der Waals surface area (Å²) in [5.74, 6) is -0.406. The lowest BCUT2D eigenvalue weighted by Crippen LogP contribution is -2.46. The zero-order valence-corrected chi connectivity index (χ0v) is 13.9. The van der Waals surface area contributed by atoms with Crippen LogP contribution in [0, 0.1) is 0 Å². The predicted molar refractivity (Wildman–Crippen MR) is 86.3 cm³/mol. The molecule has 0 aromatic carbocycles. The van der Waals surface area contributed by atoms with Crippen molar-refractivity contribution in [2.24, 2.45) is 0 Å². The van der Waals surface area contributed by atoms with Gasteiger partial charge in [-0.05, 0) is 32.1 Å². The summed E-state index contributed by atoms with van der Waals surface area (Å²) in [6, 6.07) is -0.870. The number of nitrogens with one attached hydrogen (secondary N) is 3. The van der Waals surface area contributed by atoms with Crippen molar-refractivity contribution in [1.82, 2.24) is 20.9 Å². The van der Waals surface area contributed by atoms with Crippen LogP contribution in [-0.2, 0) is 14.3 Å². The molecule has 0 aromatic rings. The van der Waals surface area contributed by atoms with Crippen molar-refractivity contribution >= 4 is 17.8 Å². The second-order valence-corrected chi connectivity index (χ2v) is 6.83. The molecule has 8 heteroatoms. The average Bonchev–Trinajstić information content (AvgIpc) is 3.17. The summed E-state index contributed by atoms with van der Waals surface area (Å²) in [4.78, 5) is 36.9. The maximum Gasteiger partial charge on any atom is 0.322 e. The summed E-state index contributed by atoms with van der Waals surface area (Å²) >= 11 is 0. The Morgan fingerprint density at radius 3 is 2.67 bits per heavy atom. The van der Waals surface area contributed by atoms with E-state index in [1.165, 1.54) is 0 Å². The molecule has 0 spiro atoms. The van der Waals surface area contributed by atoms with Gasteiger partial charge in [-0.25, -0.2) is 4.79 Å². The van der Waals surface area contributed by atoms with Crippen molar-refractivity contribution in [1.29, 1.82) is 0 Å². The van der Waals surface area contributed by atoms with Crippen molar-refractivity contribution in [3.63, 3.8) is 0 Å². The van der Waals surface area contributed by atoms with E-state index in [-0.39, 0.29) is 24.3 Å². The fourth-order valence-electron chi connectivity index (χ4n) is 3.57. The number of imide groups is 1. The van der Waals surface area contributed by atoms with Crippen molar-refractivity contribution in [2.45, 2.75) is 56.7 Å². The molecular formula is C16H26N4O4. The molecule has 0 aliphatic carbocycles. The molecule has 4 amide bonds. The van der Waals surface area contributed by atoms with Gasteiger partial charge in [0.25, 0.3) is 5.91 Å². The number of hydrogen-bond acceptors (Lipinski definition) is 5. The van der Waals surface area contributed by atoms with Crippen LogP contribution >= 0.6 is 0 Å². The van der Waals surface area contributed by atoms with Crippen LogP contribution in [0.25, 0.3) is 0 Å². The molecule has 3 fully saturated rings. The van der Waals surface area contributed by atoms with Gasteiger partial charge in [0, 0.05) is 38.7 Å². The summed E-state index contributed by atoms with van der Waals surface area (Å²) in [7, 11) is 0. The Bertz CT molecular complexity index is 484. The molecule has 0 aromatic heterocycles. The van der Waals surface area contributed by atoms with Crippen molar-refractivity contribution in [3.05, 3.63) is 0 Å². The number of hydrogen-bond donors (Lipinski definition) is 3. The number of likely N-dealkylation sites (tertiary alicyclic amines) is 1. The molecule has 0 saturated carbocycles. The molecule has 134 valence electrons. The smallest absolute Gasteiger partial charge is 0.322 e. The van der Waals surface area contributed by atoms with E-state index in [0.717, 1.165) is 51.9 Å². The van der Waals surface area contributed by atoms with Gasteiger partial charge >= 0.3 is 6.03 Å². The quantitative estimate of drug-likeness (QED) is 0.579. The first kappa shape index (κ1) is 17.2. The Labute approximate surface area is 141 Å². The van der Waals surface area contributed by atoms with Gasteiger partial charge in [-0.15, -0.1) is 0 Å². The first-order valence-corrected chi connectivity index (χ1v) is 8.85. The summed E-state index contributed by atoms with van der Waals surface area (Å²) in [6.07, 6.45) is 5.16. The summed E-state index contributed by atoms with van der Waals surface area (Å²) in [5.41, 5.74) is 0. The van der Waals surface area contributed by atoms with Crippen molar-refractivity contribution < 1.29 is 19.1 Å². The number of rotatable bonds is 6. The lowest BCUT2D eigenvalue weighted by Gasteiger charge is -2.33. The zero-order chi connectivity index (χ0) is 16.9. The fourth-order valence-corrected chi connectivity index (χ4v) is 3.57. The number of carbonyl (C=O) groups is 3. The molecule has 0 unspecified atom stereocenters. The number of piperidine rings is 1. The fraction of sp³-hybridized carbons (Fsp3) is 0.812. The van der Waals surface area contributed by atoms with E-state index in [9.17, 15) is 14.4 Å². The molecular weight excluding hydrogens is 312 g/mol. The molecule has 2 atom stereocenters. The van der Waals surface area contributed by atoms with Crippen LogP contribution in [-0.4, -0.2) is 67.2 Å². The summed E-state index contributed by atoms with van der Waals surface area (Å²) < 4.78 is 5.67. The lowest BCUT2D eigenvalue weighted by atomic mass is 10.0. The standard InChI is InChI=1S/C16H26N4O4/c21-14(4-3-13-15(22)19-16(23)18-13)17-11-5-7-20(8-6-11)10-12-2-1-9-24-12/h11-13H,1-10H2,(H,17,21)(H2,18,19,22,23)/t12-,13-/m0/s1. The van der Waals surface area contributed by atoms with Gasteiger partial charge in [0.05, 0.1) is 6.10 Å². The number of amides is 4. The third-order valence-corrected chi connectivity index (χ3v) is 4.96. The Morgan fingerprint density at radius 2 is 2.04 bits per heavy atom. The van der Waals surface area contributed by atoms with Gasteiger partial charge in [-0.3, -0.25) is 14.9 Å². The largest absolute Gasteiger partial charge is 0.377 e. The molecule has 0 radical (unpaired) electrons. The maximum absolute atomic E-state index is 12.0. The maximum atomic E-state index is 12.0. The molecule has 0 bridgehead atoms. The second kappa shape index (κ2) is 7.94. The van der Waals surface area contributed by atoms with Crippen LogP contribution in [0.15, 0.2) is 0 Å². The van der Waals surface area contributed by atoms with Gasteiger partial charge in [0.15, 0.2) is 0 Å². The van der Waals surface area contributed by atoms with E-state index >= 15 is 0 Å². The molecule has 3 saturated heterocycles. The molecule has 8 nitrogen and oxygen atoms in total. The SMILES string of the molecule is O=C(CC[C@@H]1NC(=O)NC1=O)NC1CCN(C[C@@H]2CCCO2)CC1. The van der Waals surface area contributed by atoms with E-state index in [4.69, 9.17) is 4.74 Å². The van der Waals surface area contributed by atoms with Crippen LogP contribution in [0.1, 0.15) is 38.5 Å². The van der Waals surface area contributed by atoms with E-state index in [0.29, 0.717) is 12.5 Å². The Balaban J connectivity index is 1.31. The second-order valence-electron chi connectivity index (χ2n) is 6.83. The van der Waals surface area contributed by atoms with Crippen molar-refractivity contribution in [3.8, 4) is 0 Å². The summed E-state index contributed by atoms with van der Waals surface area (Å²) in [5, 5.41) is 7.72. The molecule has 3 heterocycles. The molecule has 3 aliphatic rings. The zero-order valence-electron chi connectivity index (χ0n) is 13.9. The van der Waals surface area contributed by atoms with E-state index in [1.54, 1.807) is 0 Å². The van der Waals surface area contributed by atoms with Gasteiger partial charge in [0.2, 0.25) is 5.91 Å². The normalized spacial score (nSPS) is 28.7. The first-order chi connectivity index (χ1) is 11.6. The number of carbonyl (C=O) groups excluding carboxylic acids is 3. The highest BCUT2D eigenvalue weighted by atomic mass is 16.5. The third kappa shape index (κ3) is 4.67. The van der Waals surface area contributed by atoms with Crippen LogP contribution in [0.3, 0.4) is 0 Å². The van der Waals surface area contributed by atoms with Crippen molar-refractivity contribution in [2.75, 3.05) is 26.2 Å². The first-order valence-electron chi connectivity index (χ1n) is 8.85. The highest BCUT2D eigenvalue weighted by molar-refractivity contribution is 6.04. The number of ether oxygens (including phenoxy) is 1. The summed E-state index contributed by atoms with van der Waals surface area (Å²) in [6.45, 7) is 3.84. The molecule has 3 aliphatic heterocycles. The molecule has 3 rings (SSSR count). The molecule has 24 heavy (non-hydrogen) atoms. The monoisotopic (exact) mass is 338 g/mol. The number of urea groups is 1.